The van der Waals surface area contributed by atoms with Crippen LogP contribution >= 0.6 is 0 Å². The predicted octanol–water partition coefficient (Wildman–Crippen LogP) is 2.85. The van der Waals surface area contributed by atoms with Crippen LogP contribution in [0, 0.1) is 6.92 Å². The van der Waals surface area contributed by atoms with Crippen molar-refractivity contribution in [2.24, 2.45) is 0 Å². The van der Waals surface area contributed by atoms with Crippen LogP contribution in [0.4, 0.5) is 11.4 Å². The second kappa shape index (κ2) is 4.92. The van der Waals surface area contributed by atoms with E-state index in [0.717, 1.165) is 11.3 Å². The van der Waals surface area contributed by atoms with Crippen molar-refractivity contribution in [1.29, 1.82) is 0 Å². The number of benzene rings is 2. The number of anilines is 2. The number of amides is 1. The standard InChI is InChI=1S/C15H16N2O/c1-11-10-12(16)8-9-14(11)15(18)17(2)13-6-4-3-5-7-13/h3-10H,16H2,1-2H3. The molecule has 3 nitrogen and oxygen atoms in total. The molecule has 0 aliphatic rings. The summed E-state index contributed by atoms with van der Waals surface area (Å²) < 4.78 is 0. The Labute approximate surface area is 107 Å². The van der Waals surface area contributed by atoms with Crippen molar-refractivity contribution >= 4 is 17.3 Å². The summed E-state index contributed by atoms with van der Waals surface area (Å²) in [6.45, 7) is 1.89. The molecule has 0 aliphatic carbocycles. The van der Waals surface area contributed by atoms with Crippen LogP contribution in [0.15, 0.2) is 48.5 Å². The molecule has 0 fully saturated rings. The van der Waals surface area contributed by atoms with E-state index < -0.39 is 0 Å². The van der Waals surface area contributed by atoms with Gasteiger partial charge in [0.1, 0.15) is 0 Å². The normalized spacial score (nSPS) is 10.1. The zero-order valence-electron chi connectivity index (χ0n) is 10.6. The smallest absolute Gasteiger partial charge is 0.258 e. The molecule has 2 aromatic rings. The third-order valence-corrected chi connectivity index (χ3v) is 2.93. The van der Waals surface area contributed by atoms with E-state index in [1.165, 1.54) is 0 Å². The predicted molar refractivity (Wildman–Crippen MR) is 74.8 cm³/mol. The van der Waals surface area contributed by atoms with Gasteiger partial charge in [0.25, 0.3) is 5.91 Å². The molecule has 0 aliphatic heterocycles. The lowest BCUT2D eigenvalue weighted by Gasteiger charge is -2.18. The maximum Gasteiger partial charge on any atom is 0.258 e. The second-order valence-corrected chi connectivity index (χ2v) is 4.27. The van der Waals surface area contributed by atoms with Gasteiger partial charge < -0.3 is 10.6 Å². The van der Waals surface area contributed by atoms with Gasteiger partial charge in [0.2, 0.25) is 0 Å². The van der Waals surface area contributed by atoms with Crippen LogP contribution in [0.2, 0.25) is 0 Å². The number of hydrogen-bond acceptors (Lipinski definition) is 2. The Hall–Kier alpha value is -2.29. The molecule has 1 amide bonds. The summed E-state index contributed by atoms with van der Waals surface area (Å²) in [7, 11) is 1.77. The average molecular weight is 240 g/mol. The Morgan fingerprint density at radius 3 is 2.39 bits per heavy atom. The van der Waals surface area contributed by atoms with Crippen molar-refractivity contribution in [3.05, 3.63) is 59.7 Å². The lowest BCUT2D eigenvalue weighted by atomic mass is 10.1. The summed E-state index contributed by atoms with van der Waals surface area (Å²) in [6, 6.07) is 14.9. The van der Waals surface area contributed by atoms with E-state index in [1.807, 2.05) is 43.3 Å². The Bertz CT molecular complexity index is 564. The monoisotopic (exact) mass is 240 g/mol. The van der Waals surface area contributed by atoms with Crippen molar-refractivity contribution in [1.82, 2.24) is 0 Å². The van der Waals surface area contributed by atoms with Crippen molar-refractivity contribution in [3.8, 4) is 0 Å². The van der Waals surface area contributed by atoms with E-state index in [9.17, 15) is 4.79 Å². The average Bonchev–Trinajstić information content (AvgIpc) is 2.38. The zero-order valence-corrected chi connectivity index (χ0v) is 10.6. The highest BCUT2D eigenvalue weighted by Crippen LogP contribution is 2.18. The van der Waals surface area contributed by atoms with Crippen LogP contribution in [-0.2, 0) is 0 Å². The topological polar surface area (TPSA) is 46.3 Å². The molecule has 0 unspecified atom stereocenters. The lowest BCUT2D eigenvalue weighted by molar-refractivity contribution is 0.0992. The molecule has 0 spiro atoms. The minimum atomic E-state index is -0.0290. The molecule has 92 valence electrons. The molecular weight excluding hydrogens is 224 g/mol. The Morgan fingerprint density at radius 1 is 1.11 bits per heavy atom. The third kappa shape index (κ3) is 2.35. The molecule has 2 N–H and O–H groups in total. The molecule has 0 saturated carbocycles. The number of rotatable bonds is 2. The van der Waals surface area contributed by atoms with E-state index in [1.54, 1.807) is 24.1 Å². The minimum absolute atomic E-state index is 0.0290. The second-order valence-electron chi connectivity index (χ2n) is 4.27. The highest BCUT2D eigenvalue weighted by molar-refractivity contribution is 6.06. The first-order valence-electron chi connectivity index (χ1n) is 5.79. The molecule has 18 heavy (non-hydrogen) atoms. The number of carbonyl (C=O) groups excluding carboxylic acids is 1. The maximum absolute atomic E-state index is 12.4. The van der Waals surface area contributed by atoms with Gasteiger partial charge in [-0.25, -0.2) is 0 Å². The summed E-state index contributed by atoms with van der Waals surface area (Å²) in [5, 5.41) is 0. The third-order valence-electron chi connectivity index (χ3n) is 2.93. The van der Waals surface area contributed by atoms with E-state index in [-0.39, 0.29) is 5.91 Å². The van der Waals surface area contributed by atoms with Crippen molar-refractivity contribution in [3.63, 3.8) is 0 Å². The number of nitrogen functional groups attached to an aromatic ring is 1. The van der Waals surface area contributed by atoms with Gasteiger partial charge in [-0.1, -0.05) is 18.2 Å². The fourth-order valence-corrected chi connectivity index (χ4v) is 1.88. The van der Waals surface area contributed by atoms with E-state index >= 15 is 0 Å². The first-order chi connectivity index (χ1) is 8.59. The van der Waals surface area contributed by atoms with Crippen molar-refractivity contribution in [2.45, 2.75) is 6.92 Å². The van der Waals surface area contributed by atoms with E-state index in [2.05, 4.69) is 0 Å². The summed E-state index contributed by atoms with van der Waals surface area (Å²) in [6.07, 6.45) is 0. The molecule has 0 atom stereocenters. The van der Waals surface area contributed by atoms with Crippen LogP contribution in [0.25, 0.3) is 0 Å². The molecule has 0 radical (unpaired) electrons. The molecule has 2 rings (SSSR count). The molecule has 3 heteroatoms. The minimum Gasteiger partial charge on any atom is -0.399 e. The van der Waals surface area contributed by atoms with Crippen LogP contribution in [0.5, 0.6) is 0 Å². The zero-order chi connectivity index (χ0) is 13.1. The molecule has 2 aromatic carbocycles. The highest BCUT2D eigenvalue weighted by Gasteiger charge is 2.15. The van der Waals surface area contributed by atoms with Gasteiger partial charge in [0.05, 0.1) is 0 Å². The van der Waals surface area contributed by atoms with Crippen LogP contribution in [0.3, 0.4) is 0 Å². The highest BCUT2D eigenvalue weighted by atomic mass is 16.2. The number of aryl methyl sites for hydroxylation is 1. The molecule has 0 saturated heterocycles. The number of hydrogen-bond donors (Lipinski definition) is 1. The van der Waals surface area contributed by atoms with Crippen molar-refractivity contribution < 1.29 is 4.79 Å². The fourth-order valence-electron chi connectivity index (χ4n) is 1.88. The van der Waals surface area contributed by atoms with E-state index in [4.69, 9.17) is 5.73 Å². The fraction of sp³-hybridized carbons (Fsp3) is 0.133. The summed E-state index contributed by atoms with van der Waals surface area (Å²) in [4.78, 5) is 14.0. The summed E-state index contributed by atoms with van der Waals surface area (Å²) >= 11 is 0. The summed E-state index contributed by atoms with van der Waals surface area (Å²) in [5.74, 6) is -0.0290. The number of nitrogens with zero attached hydrogens (tertiary/aromatic N) is 1. The maximum atomic E-state index is 12.4. The SMILES string of the molecule is Cc1cc(N)ccc1C(=O)N(C)c1ccccc1. The Kier molecular flexibility index (Phi) is 3.33. The summed E-state index contributed by atoms with van der Waals surface area (Å²) in [5.41, 5.74) is 8.80. The van der Waals surface area contributed by atoms with Gasteiger partial charge in [0, 0.05) is 24.0 Å². The van der Waals surface area contributed by atoms with Crippen molar-refractivity contribution in [2.75, 3.05) is 17.7 Å². The molecule has 0 heterocycles. The van der Waals surface area contributed by atoms with Crippen LogP contribution in [0.1, 0.15) is 15.9 Å². The van der Waals surface area contributed by atoms with Gasteiger partial charge in [0.15, 0.2) is 0 Å². The number of para-hydroxylation sites is 1. The van der Waals surface area contributed by atoms with Gasteiger partial charge in [-0.3, -0.25) is 4.79 Å². The Balaban J connectivity index is 2.32. The first kappa shape index (κ1) is 12.2. The van der Waals surface area contributed by atoms with Crippen LogP contribution < -0.4 is 10.6 Å². The quantitative estimate of drug-likeness (QED) is 0.820. The van der Waals surface area contributed by atoms with Gasteiger partial charge in [-0.15, -0.1) is 0 Å². The lowest BCUT2D eigenvalue weighted by Crippen LogP contribution is -2.26. The number of nitrogens with two attached hydrogens (primary N) is 1. The van der Waals surface area contributed by atoms with Gasteiger partial charge >= 0.3 is 0 Å². The van der Waals surface area contributed by atoms with Gasteiger partial charge in [-0.05, 0) is 42.8 Å². The molecular formula is C15H16N2O. The van der Waals surface area contributed by atoms with E-state index in [0.29, 0.717) is 11.3 Å². The molecule has 0 bridgehead atoms. The largest absolute Gasteiger partial charge is 0.399 e. The Morgan fingerprint density at radius 2 is 1.78 bits per heavy atom. The van der Waals surface area contributed by atoms with Crippen LogP contribution in [-0.4, -0.2) is 13.0 Å². The first-order valence-corrected chi connectivity index (χ1v) is 5.79. The number of carbonyl (C=O) groups is 1. The molecule has 0 aromatic heterocycles. The van der Waals surface area contributed by atoms with Gasteiger partial charge in [-0.2, -0.15) is 0 Å².